The van der Waals surface area contributed by atoms with E-state index in [-0.39, 0.29) is 11.8 Å². The normalized spacial score (nSPS) is 15.8. The van der Waals surface area contributed by atoms with Crippen LogP contribution in [0.4, 0.5) is 0 Å². The Balaban J connectivity index is 1.60. The van der Waals surface area contributed by atoms with Crippen LogP contribution >= 0.6 is 0 Å². The van der Waals surface area contributed by atoms with Gasteiger partial charge in [-0.15, -0.1) is 0 Å². The molecule has 3 rings (SSSR count). The van der Waals surface area contributed by atoms with Gasteiger partial charge in [-0.05, 0) is 25.0 Å². The fourth-order valence-electron chi connectivity index (χ4n) is 2.11. The van der Waals surface area contributed by atoms with Crippen molar-refractivity contribution in [2.45, 2.75) is 31.8 Å². The van der Waals surface area contributed by atoms with Gasteiger partial charge in [-0.3, -0.25) is 9.63 Å². The number of carbonyl (C=O) groups is 1. The molecule has 1 amide bonds. The Bertz CT molecular complexity index is 541. The van der Waals surface area contributed by atoms with E-state index in [1.54, 1.807) is 12.1 Å². The van der Waals surface area contributed by atoms with E-state index in [2.05, 4.69) is 10.6 Å². The van der Waals surface area contributed by atoms with Crippen molar-refractivity contribution in [3.63, 3.8) is 0 Å². The van der Waals surface area contributed by atoms with Crippen LogP contribution < -0.4 is 5.48 Å². The molecule has 0 aromatic carbocycles. The van der Waals surface area contributed by atoms with Crippen LogP contribution in [0.15, 0.2) is 33.4 Å². The monoisotopic (exact) mass is 262 g/mol. The Hall–Kier alpha value is -2.08. The molecule has 100 valence electrons. The number of rotatable bonds is 4. The fraction of sp³-hybridized carbons (Fsp3) is 0.385. The summed E-state index contributed by atoms with van der Waals surface area (Å²) in [4.78, 5) is 17.1. The molecule has 1 N–H and O–H groups in total. The first-order valence-electron chi connectivity index (χ1n) is 6.29. The van der Waals surface area contributed by atoms with Crippen LogP contribution in [0.1, 0.15) is 36.2 Å². The number of nitrogens with zero attached hydrogens (tertiary/aromatic N) is 1. The molecule has 6 heteroatoms. The summed E-state index contributed by atoms with van der Waals surface area (Å²) < 4.78 is 10.2. The van der Waals surface area contributed by atoms with Crippen LogP contribution in [0, 0.1) is 0 Å². The van der Waals surface area contributed by atoms with E-state index in [0.29, 0.717) is 11.5 Å². The SMILES string of the molecule is O=C(NOC1CCCC1)c1cc(-c2ccco2)on1. The molecule has 0 unspecified atom stereocenters. The standard InChI is InChI=1S/C13H14N2O4/c16-13(15-18-9-4-1-2-5-9)10-8-12(19-14-10)11-6-3-7-17-11/h3,6-9H,1-2,4-5H2,(H,15,16). The van der Waals surface area contributed by atoms with Gasteiger partial charge in [-0.25, -0.2) is 5.48 Å². The molecule has 0 spiro atoms. The van der Waals surface area contributed by atoms with Crippen LogP contribution in [0.25, 0.3) is 11.5 Å². The van der Waals surface area contributed by atoms with Gasteiger partial charge in [0, 0.05) is 6.07 Å². The second-order valence-electron chi connectivity index (χ2n) is 4.51. The van der Waals surface area contributed by atoms with Gasteiger partial charge in [-0.2, -0.15) is 0 Å². The summed E-state index contributed by atoms with van der Waals surface area (Å²) in [5.74, 6) is 0.535. The minimum Gasteiger partial charge on any atom is -0.461 e. The predicted octanol–water partition coefficient (Wildman–Crippen LogP) is 2.54. The van der Waals surface area contributed by atoms with Crippen LogP contribution in [0.5, 0.6) is 0 Å². The second kappa shape index (κ2) is 5.27. The average Bonchev–Trinajstić information content (AvgIpc) is 3.14. The lowest BCUT2D eigenvalue weighted by molar-refractivity contribution is -0.0129. The molecule has 1 aliphatic rings. The third-order valence-electron chi connectivity index (χ3n) is 3.13. The molecule has 2 heterocycles. The molecule has 2 aromatic rings. The summed E-state index contributed by atoms with van der Waals surface area (Å²) in [6.45, 7) is 0. The molecule has 6 nitrogen and oxygen atoms in total. The van der Waals surface area contributed by atoms with Gasteiger partial charge in [0.2, 0.25) is 5.76 Å². The minimum atomic E-state index is -0.409. The molecule has 0 radical (unpaired) electrons. The molecule has 0 aliphatic heterocycles. The van der Waals surface area contributed by atoms with E-state index in [0.717, 1.165) is 25.7 Å². The lowest BCUT2D eigenvalue weighted by atomic mass is 10.3. The van der Waals surface area contributed by atoms with E-state index < -0.39 is 5.91 Å². The van der Waals surface area contributed by atoms with Gasteiger partial charge in [0.05, 0.1) is 12.4 Å². The zero-order valence-corrected chi connectivity index (χ0v) is 10.3. The van der Waals surface area contributed by atoms with Gasteiger partial charge in [0.15, 0.2) is 11.5 Å². The highest BCUT2D eigenvalue weighted by Crippen LogP contribution is 2.21. The van der Waals surface area contributed by atoms with Crippen LogP contribution in [0.2, 0.25) is 0 Å². The highest BCUT2D eigenvalue weighted by Gasteiger charge is 2.19. The second-order valence-corrected chi connectivity index (χ2v) is 4.51. The number of hydrogen-bond acceptors (Lipinski definition) is 5. The first kappa shape index (κ1) is 12.0. The predicted molar refractivity (Wildman–Crippen MR) is 65.0 cm³/mol. The van der Waals surface area contributed by atoms with Crippen LogP contribution in [-0.4, -0.2) is 17.2 Å². The molecule has 19 heavy (non-hydrogen) atoms. The van der Waals surface area contributed by atoms with E-state index in [9.17, 15) is 4.79 Å². The molecule has 1 saturated carbocycles. The summed E-state index contributed by atoms with van der Waals surface area (Å²) in [5, 5.41) is 3.69. The third-order valence-corrected chi connectivity index (χ3v) is 3.13. The Kier molecular flexibility index (Phi) is 3.33. The average molecular weight is 262 g/mol. The summed E-state index contributed by atoms with van der Waals surface area (Å²) >= 11 is 0. The number of carbonyl (C=O) groups excluding carboxylic acids is 1. The van der Waals surface area contributed by atoms with E-state index in [1.165, 1.54) is 12.3 Å². The number of amides is 1. The topological polar surface area (TPSA) is 77.5 Å². The first-order chi connectivity index (χ1) is 9.33. The molecule has 0 bridgehead atoms. The van der Waals surface area contributed by atoms with Crippen molar-refractivity contribution in [1.29, 1.82) is 0 Å². The summed E-state index contributed by atoms with van der Waals surface area (Å²) in [6, 6.07) is 4.99. The van der Waals surface area contributed by atoms with Gasteiger partial charge >= 0.3 is 0 Å². The van der Waals surface area contributed by atoms with Crippen LogP contribution in [0.3, 0.4) is 0 Å². The highest BCUT2D eigenvalue weighted by molar-refractivity contribution is 5.92. The maximum Gasteiger partial charge on any atom is 0.297 e. The maximum atomic E-state index is 11.8. The van der Waals surface area contributed by atoms with Crippen molar-refractivity contribution in [2.75, 3.05) is 0 Å². The lowest BCUT2D eigenvalue weighted by Crippen LogP contribution is -2.28. The van der Waals surface area contributed by atoms with Crippen molar-refractivity contribution in [2.24, 2.45) is 0 Å². The van der Waals surface area contributed by atoms with Crippen molar-refractivity contribution in [1.82, 2.24) is 10.6 Å². The lowest BCUT2D eigenvalue weighted by Gasteiger charge is -2.09. The summed E-state index contributed by atoms with van der Waals surface area (Å²) in [5.41, 5.74) is 2.58. The molecular weight excluding hydrogens is 248 g/mol. The van der Waals surface area contributed by atoms with Gasteiger partial charge in [-0.1, -0.05) is 18.0 Å². The number of hydrogen-bond donors (Lipinski definition) is 1. The molecule has 1 aliphatic carbocycles. The summed E-state index contributed by atoms with van der Waals surface area (Å²) in [7, 11) is 0. The zero-order chi connectivity index (χ0) is 13.1. The zero-order valence-electron chi connectivity index (χ0n) is 10.3. The van der Waals surface area contributed by atoms with Crippen molar-refractivity contribution in [3.8, 4) is 11.5 Å². The Morgan fingerprint density at radius 1 is 1.37 bits per heavy atom. The van der Waals surface area contributed by atoms with E-state index >= 15 is 0 Å². The van der Waals surface area contributed by atoms with E-state index in [1.807, 2.05) is 0 Å². The fourth-order valence-corrected chi connectivity index (χ4v) is 2.11. The highest BCUT2D eigenvalue weighted by atomic mass is 16.7. The number of furan rings is 1. The number of aromatic nitrogens is 1. The van der Waals surface area contributed by atoms with Crippen molar-refractivity contribution < 1.29 is 18.6 Å². The van der Waals surface area contributed by atoms with Crippen molar-refractivity contribution in [3.05, 3.63) is 30.2 Å². The molecule has 2 aromatic heterocycles. The molecule has 0 atom stereocenters. The van der Waals surface area contributed by atoms with Crippen molar-refractivity contribution >= 4 is 5.91 Å². The first-order valence-corrected chi connectivity index (χ1v) is 6.29. The Morgan fingerprint density at radius 2 is 2.21 bits per heavy atom. The largest absolute Gasteiger partial charge is 0.461 e. The molecule has 1 fully saturated rings. The van der Waals surface area contributed by atoms with Gasteiger partial charge in [0.1, 0.15) is 0 Å². The van der Waals surface area contributed by atoms with Crippen LogP contribution in [-0.2, 0) is 4.84 Å². The Morgan fingerprint density at radius 3 is 2.95 bits per heavy atom. The van der Waals surface area contributed by atoms with Gasteiger partial charge in [0.25, 0.3) is 5.91 Å². The smallest absolute Gasteiger partial charge is 0.297 e. The van der Waals surface area contributed by atoms with Gasteiger partial charge < -0.3 is 8.94 Å². The minimum absolute atomic E-state index is 0.111. The Labute approximate surface area is 109 Å². The number of nitrogens with one attached hydrogen (secondary N) is 1. The molecule has 0 saturated heterocycles. The van der Waals surface area contributed by atoms with E-state index in [4.69, 9.17) is 13.8 Å². The maximum absolute atomic E-state index is 11.8. The quantitative estimate of drug-likeness (QED) is 0.857. The third kappa shape index (κ3) is 2.68. The summed E-state index contributed by atoms with van der Waals surface area (Å²) in [6.07, 6.45) is 5.90. The molecular formula is C13H14N2O4. The number of hydroxylamine groups is 1.